The highest BCUT2D eigenvalue weighted by atomic mass is 16.3. The molecule has 2 N–H and O–H groups in total. The van der Waals surface area contributed by atoms with Crippen LogP contribution in [-0.2, 0) is 10.8 Å². The number of phenolic OH excluding ortho intramolecular Hbond substituents is 2. The lowest BCUT2D eigenvalue weighted by Crippen LogP contribution is -2.62. The zero-order valence-corrected chi connectivity index (χ0v) is 19.4. The Kier molecular flexibility index (Phi) is 3.89. The van der Waals surface area contributed by atoms with Crippen LogP contribution >= 0.6 is 0 Å². The minimum Gasteiger partial charge on any atom is -0.507 e. The average Bonchev–Trinajstić information content (AvgIpc) is 2.60. The van der Waals surface area contributed by atoms with Gasteiger partial charge in [0.05, 0.1) is 0 Å². The first-order chi connectivity index (χ1) is 13.9. The molecule has 0 saturated heterocycles. The topological polar surface area (TPSA) is 40.5 Å². The van der Waals surface area contributed by atoms with Gasteiger partial charge in [-0.05, 0) is 121 Å². The Balaban J connectivity index is 1.71. The summed E-state index contributed by atoms with van der Waals surface area (Å²) in [6, 6.07) is 9.07. The number of hydrogen-bond donors (Lipinski definition) is 2. The van der Waals surface area contributed by atoms with Gasteiger partial charge in [-0.3, -0.25) is 0 Å². The largest absolute Gasteiger partial charge is 0.507 e. The van der Waals surface area contributed by atoms with Gasteiger partial charge < -0.3 is 10.2 Å². The lowest BCUT2D eigenvalue weighted by molar-refractivity contribution is -0.126. The second-order valence-corrected chi connectivity index (χ2v) is 12.2. The average molecular weight is 405 g/mol. The minimum atomic E-state index is 0.168. The van der Waals surface area contributed by atoms with E-state index in [1.165, 1.54) is 49.7 Å². The van der Waals surface area contributed by atoms with E-state index in [-0.39, 0.29) is 10.8 Å². The second kappa shape index (κ2) is 5.84. The third kappa shape index (κ3) is 2.68. The lowest BCUT2D eigenvalue weighted by Gasteiger charge is -2.70. The molecule has 4 aliphatic rings. The number of hydrogen-bond acceptors (Lipinski definition) is 2. The molecule has 0 aromatic heterocycles. The number of rotatable bonds is 2. The van der Waals surface area contributed by atoms with Gasteiger partial charge in [0.2, 0.25) is 0 Å². The zero-order chi connectivity index (χ0) is 21.7. The molecule has 4 saturated carbocycles. The molecule has 0 spiro atoms. The Bertz CT molecular complexity index is 919. The van der Waals surface area contributed by atoms with E-state index < -0.39 is 0 Å². The first-order valence-corrected chi connectivity index (χ1v) is 11.5. The molecule has 2 aromatic rings. The van der Waals surface area contributed by atoms with Crippen LogP contribution in [0.5, 0.6) is 11.5 Å². The summed E-state index contributed by atoms with van der Waals surface area (Å²) in [5.41, 5.74) is 7.88. The number of benzene rings is 2. The summed E-state index contributed by atoms with van der Waals surface area (Å²) >= 11 is 0. The summed E-state index contributed by atoms with van der Waals surface area (Å²) in [6.07, 6.45) is 7.48. The van der Waals surface area contributed by atoms with Crippen molar-refractivity contribution in [2.24, 2.45) is 10.8 Å². The first kappa shape index (κ1) is 20.0. The van der Waals surface area contributed by atoms with Gasteiger partial charge in [0.15, 0.2) is 0 Å². The second-order valence-electron chi connectivity index (χ2n) is 12.2. The van der Waals surface area contributed by atoms with E-state index in [2.05, 4.69) is 38.1 Å². The van der Waals surface area contributed by atoms with Crippen molar-refractivity contribution in [2.45, 2.75) is 90.9 Å². The summed E-state index contributed by atoms with van der Waals surface area (Å²) in [5, 5.41) is 20.8. The van der Waals surface area contributed by atoms with Crippen molar-refractivity contribution in [1.82, 2.24) is 0 Å². The summed E-state index contributed by atoms with van der Waals surface area (Å²) in [7, 11) is 0. The molecule has 160 valence electrons. The van der Waals surface area contributed by atoms with E-state index in [0.29, 0.717) is 22.3 Å². The van der Waals surface area contributed by atoms with Gasteiger partial charge in [-0.15, -0.1) is 0 Å². The van der Waals surface area contributed by atoms with Gasteiger partial charge in [-0.2, -0.15) is 0 Å². The highest BCUT2D eigenvalue weighted by Crippen LogP contribution is 2.74. The molecule has 4 fully saturated rings. The molecule has 0 radical (unpaired) electrons. The minimum absolute atomic E-state index is 0.168. The van der Waals surface area contributed by atoms with Crippen molar-refractivity contribution < 1.29 is 10.2 Å². The summed E-state index contributed by atoms with van der Waals surface area (Å²) in [5.74, 6) is 0.890. The molecule has 0 aliphatic heterocycles. The Morgan fingerprint density at radius 2 is 0.833 bits per heavy atom. The molecule has 4 bridgehead atoms. The van der Waals surface area contributed by atoms with Crippen molar-refractivity contribution in [3.8, 4) is 11.5 Å². The van der Waals surface area contributed by atoms with Crippen molar-refractivity contribution in [2.75, 3.05) is 0 Å². The first-order valence-electron chi connectivity index (χ1n) is 11.5. The van der Waals surface area contributed by atoms with Crippen LogP contribution in [-0.4, -0.2) is 10.2 Å². The van der Waals surface area contributed by atoms with Gasteiger partial charge in [-0.25, -0.2) is 0 Å². The van der Waals surface area contributed by atoms with E-state index in [9.17, 15) is 10.2 Å². The summed E-state index contributed by atoms with van der Waals surface area (Å²) in [4.78, 5) is 0. The van der Waals surface area contributed by atoms with Crippen molar-refractivity contribution in [3.63, 3.8) is 0 Å². The number of phenols is 2. The fourth-order valence-electron chi connectivity index (χ4n) is 8.83. The third-order valence-electron chi connectivity index (χ3n) is 8.80. The Morgan fingerprint density at radius 1 is 0.533 bits per heavy atom. The quantitative estimate of drug-likeness (QED) is 0.571. The monoisotopic (exact) mass is 404 g/mol. The Hall–Kier alpha value is -1.96. The SMILES string of the molecule is Cc1cc(C23CC4(C)CC(C)(C2)CC(c2cc(C)c(O)c(C)c2)(C4)C3)cc(C)c1O. The number of aryl methyl sites for hydroxylation is 4. The van der Waals surface area contributed by atoms with Gasteiger partial charge in [0, 0.05) is 0 Å². The zero-order valence-electron chi connectivity index (χ0n) is 19.4. The molecule has 0 heterocycles. The summed E-state index contributed by atoms with van der Waals surface area (Å²) < 4.78 is 0. The van der Waals surface area contributed by atoms with Crippen LogP contribution in [0.2, 0.25) is 0 Å². The fraction of sp³-hybridized carbons (Fsp3) is 0.571. The fourth-order valence-corrected chi connectivity index (χ4v) is 8.83. The van der Waals surface area contributed by atoms with Crippen molar-refractivity contribution in [1.29, 1.82) is 0 Å². The molecule has 0 unspecified atom stereocenters. The molecular formula is C28H36O2. The van der Waals surface area contributed by atoms with E-state index in [0.717, 1.165) is 22.3 Å². The lowest BCUT2D eigenvalue weighted by atomic mass is 9.34. The number of aromatic hydroxyl groups is 2. The molecule has 6 rings (SSSR count). The van der Waals surface area contributed by atoms with Gasteiger partial charge in [-0.1, -0.05) is 38.1 Å². The van der Waals surface area contributed by atoms with Gasteiger partial charge in [0.1, 0.15) is 11.5 Å². The van der Waals surface area contributed by atoms with Crippen LogP contribution in [0, 0.1) is 38.5 Å². The van der Waals surface area contributed by atoms with Crippen LogP contribution in [0.15, 0.2) is 24.3 Å². The summed E-state index contributed by atoms with van der Waals surface area (Å²) in [6.45, 7) is 13.2. The van der Waals surface area contributed by atoms with Crippen molar-refractivity contribution in [3.05, 3.63) is 57.6 Å². The van der Waals surface area contributed by atoms with Crippen LogP contribution in [0.25, 0.3) is 0 Å². The molecule has 0 atom stereocenters. The van der Waals surface area contributed by atoms with Crippen LogP contribution < -0.4 is 0 Å². The molecule has 4 aliphatic carbocycles. The molecule has 2 nitrogen and oxygen atoms in total. The van der Waals surface area contributed by atoms with Gasteiger partial charge in [0.25, 0.3) is 0 Å². The standard InChI is InChI=1S/C28H36O2/c1-17-7-21(8-18(2)23(17)29)27-12-25(5)11-26(6,13-27)15-28(14-25,16-27)22-9-19(3)24(30)20(4)10-22/h7-10,29-30H,11-16H2,1-6H3. The van der Waals surface area contributed by atoms with E-state index in [4.69, 9.17) is 0 Å². The Morgan fingerprint density at radius 3 is 1.13 bits per heavy atom. The maximum absolute atomic E-state index is 10.4. The third-order valence-corrected chi connectivity index (χ3v) is 8.80. The smallest absolute Gasteiger partial charge is 0.121 e. The van der Waals surface area contributed by atoms with Crippen LogP contribution in [0.3, 0.4) is 0 Å². The van der Waals surface area contributed by atoms with E-state index in [1.807, 2.05) is 27.7 Å². The normalized spacial score (nSPS) is 37.0. The molecule has 2 heteroatoms. The van der Waals surface area contributed by atoms with Crippen LogP contribution in [0.4, 0.5) is 0 Å². The molecular weight excluding hydrogens is 368 g/mol. The molecule has 0 amide bonds. The van der Waals surface area contributed by atoms with E-state index in [1.54, 1.807) is 0 Å². The van der Waals surface area contributed by atoms with E-state index >= 15 is 0 Å². The maximum atomic E-state index is 10.4. The Labute approximate surface area is 181 Å². The highest BCUT2D eigenvalue weighted by molar-refractivity contribution is 5.50. The van der Waals surface area contributed by atoms with Gasteiger partial charge >= 0.3 is 0 Å². The predicted molar refractivity (Wildman–Crippen MR) is 122 cm³/mol. The molecule has 2 aromatic carbocycles. The maximum Gasteiger partial charge on any atom is 0.121 e. The van der Waals surface area contributed by atoms with Crippen LogP contribution in [0.1, 0.15) is 85.8 Å². The molecule has 30 heavy (non-hydrogen) atoms. The highest BCUT2D eigenvalue weighted by Gasteiger charge is 2.66. The predicted octanol–water partition coefficient (Wildman–Crippen LogP) is 6.90. The van der Waals surface area contributed by atoms with Crippen molar-refractivity contribution >= 4 is 0 Å².